The Balaban J connectivity index is 1.94. The number of methoxy groups -OCH3 is 2. The van der Waals surface area contributed by atoms with Crippen LogP contribution in [0.25, 0.3) is 0 Å². The van der Waals surface area contributed by atoms with Gasteiger partial charge < -0.3 is 20.5 Å². The zero-order valence-corrected chi connectivity index (χ0v) is 13.2. The number of para-hydroxylation sites is 1. The zero-order chi connectivity index (χ0) is 16.7. The summed E-state index contributed by atoms with van der Waals surface area (Å²) in [7, 11) is 3.19. The van der Waals surface area contributed by atoms with Gasteiger partial charge in [0.15, 0.2) is 17.5 Å². The van der Waals surface area contributed by atoms with Crippen LogP contribution in [0.3, 0.4) is 0 Å². The van der Waals surface area contributed by atoms with Gasteiger partial charge in [-0.25, -0.2) is 4.39 Å². The van der Waals surface area contributed by atoms with Gasteiger partial charge in [0, 0.05) is 6.54 Å². The number of aliphatic imine (C=N–C) groups is 1. The van der Waals surface area contributed by atoms with E-state index < -0.39 is 0 Å². The van der Waals surface area contributed by atoms with E-state index in [9.17, 15) is 4.39 Å². The summed E-state index contributed by atoms with van der Waals surface area (Å²) < 4.78 is 23.9. The van der Waals surface area contributed by atoms with Crippen molar-refractivity contribution in [3.05, 3.63) is 53.8 Å². The first kappa shape index (κ1) is 16.6. The predicted octanol–water partition coefficient (Wildman–Crippen LogP) is 2.81. The Morgan fingerprint density at radius 1 is 1.13 bits per heavy atom. The molecule has 0 aliphatic rings. The van der Waals surface area contributed by atoms with Crippen molar-refractivity contribution < 1.29 is 13.9 Å². The standard InChI is InChI=1S/C17H20FN3O2/c1-22-15-8-7-12(11-16(15)23-2)9-10-20-17(19)21-14-6-4-3-5-13(14)18/h3-8,11H,9-10H2,1-2H3,(H3,19,20,21). The molecule has 5 nitrogen and oxygen atoms in total. The summed E-state index contributed by atoms with van der Waals surface area (Å²) in [4.78, 5) is 4.20. The molecule has 6 heteroatoms. The summed E-state index contributed by atoms with van der Waals surface area (Å²) in [6.45, 7) is 0.475. The van der Waals surface area contributed by atoms with Gasteiger partial charge >= 0.3 is 0 Å². The highest BCUT2D eigenvalue weighted by Crippen LogP contribution is 2.27. The van der Waals surface area contributed by atoms with Gasteiger partial charge in [-0.15, -0.1) is 0 Å². The molecule has 122 valence electrons. The van der Waals surface area contributed by atoms with Crippen molar-refractivity contribution in [1.82, 2.24) is 0 Å². The number of ether oxygens (including phenoxy) is 2. The first-order chi connectivity index (χ1) is 11.1. The van der Waals surface area contributed by atoms with Gasteiger partial charge in [0.05, 0.1) is 19.9 Å². The molecule has 0 amide bonds. The lowest BCUT2D eigenvalue weighted by Gasteiger charge is -2.09. The fourth-order valence-electron chi connectivity index (χ4n) is 2.08. The van der Waals surface area contributed by atoms with Gasteiger partial charge in [0.25, 0.3) is 0 Å². The van der Waals surface area contributed by atoms with E-state index in [2.05, 4.69) is 10.3 Å². The summed E-state index contributed by atoms with van der Waals surface area (Å²) in [5, 5.41) is 2.75. The highest BCUT2D eigenvalue weighted by atomic mass is 19.1. The van der Waals surface area contributed by atoms with E-state index in [-0.39, 0.29) is 11.8 Å². The zero-order valence-electron chi connectivity index (χ0n) is 13.2. The highest BCUT2D eigenvalue weighted by Gasteiger charge is 2.05. The number of nitrogens with two attached hydrogens (primary N) is 1. The van der Waals surface area contributed by atoms with Crippen LogP contribution in [0.5, 0.6) is 11.5 Å². The number of hydrogen-bond acceptors (Lipinski definition) is 3. The van der Waals surface area contributed by atoms with Crippen LogP contribution in [0.2, 0.25) is 0 Å². The third-order valence-corrected chi connectivity index (χ3v) is 3.27. The van der Waals surface area contributed by atoms with Crippen LogP contribution in [0, 0.1) is 5.82 Å². The maximum Gasteiger partial charge on any atom is 0.193 e. The molecule has 0 bridgehead atoms. The van der Waals surface area contributed by atoms with E-state index in [1.165, 1.54) is 6.07 Å². The van der Waals surface area contributed by atoms with Crippen molar-refractivity contribution in [2.75, 3.05) is 26.1 Å². The Labute approximate surface area is 134 Å². The van der Waals surface area contributed by atoms with Crippen molar-refractivity contribution in [3.63, 3.8) is 0 Å². The van der Waals surface area contributed by atoms with Crippen molar-refractivity contribution in [2.24, 2.45) is 10.7 Å². The van der Waals surface area contributed by atoms with Crippen molar-refractivity contribution in [3.8, 4) is 11.5 Å². The SMILES string of the molecule is COc1ccc(CCN=C(N)Nc2ccccc2F)cc1OC. The number of hydrogen-bond donors (Lipinski definition) is 2. The molecular formula is C17H20FN3O2. The van der Waals surface area contributed by atoms with E-state index in [0.717, 1.165) is 5.56 Å². The smallest absolute Gasteiger partial charge is 0.193 e. The number of anilines is 1. The first-order valence-electron chi connectivity index (χ1n) is 7.16. The highest BCUT2D eigenvalue weighted by molar-refractivity contribution is 5.92. The molecular weight excluding hydrogens is 297 g/mol. The van der Waals surface area contributed by atoms with E-state index in [0.29, 0.717) is 30.2 Å². The predicted molar refractivity (Wildman–Crippen MR) is 89.8 cm³/mol. The summed E-state index contributed by atoms with van der Waals surface area (Å²) in [5.74, 6) is 1.16. The second-order valence-corrected chi connectivity index (χ2v) is 4.81. The quantitative estimate of drug-likeness (QED) is 0.635. The largest absolute Gasteiger partial charge is 0.493 e. The maximum absolute atomic E-state index is 13.5. The average Bonchev–Trinajstić information content (AvgIpc) is 2.56. The van der Waals surface area contributed by atoms with E-state index in [4.69, 9.17) is 15.2 Å². The molecule has 23 heavy (non-hydrogen) atoms. The summed E-state index contributed by atoms with van der Waals surface area (Å²) >= 11 is 0. The molecule has 0 spiro atoms. The lowest BCUT2D eigenvalue weighted by molar-refractivity contribution is 0.354. The Bertz CT molecular complexity index is 689. The van der Waals surface area contributed by atoms with Crippen LogP contribution in [-0.4, -0.2) is 26.7 Å². The van der Waals surface area contributed by atoms with Gasteiger partial charge in [-0.05, 0) is 36.2 Å². The average molecular weight is 317 g/mol. The number of nitrogens with zero attached hydrogens (tertiary/aromatic N) is 1. The van der Waals surface area contributed by atoms with Gasteiger partial charge in [0.1, 0.15) is 5.82 Å². The molecule has 0 saturated heterocycles. The molecule has 0 aromatic heterocycles. The second kappa shape index (κ2) is 8.03. The number of halogens is 1. The van der Waals surface area contributed by atoms with E-state index in [1.807, 2.05) is 18.2 Å². The normalized spacial score (nSPS) is 11.2. The van der Waals surface area contributed by atoms with Crippen molar-refractivity contribution in [1.29, 1.82) is 0 Å². The molecule has 2 aromatic carbocycles. The van der Waals surface area contributed by atoms with E-state index >= 15 is 0 Å². The van der Waals surface area contributed by atoms with E-state index in [1.54, 1.807) is 32.4 Å². The minimum atomic E-state index is -0.370. The molecule has 0 heterocycles. The lowest BCUT2D eigenvalue weighted by atomic mass is 10.1. The van der Waals surface area contributed by atoms with Crippen molar-refractivity contribution in [2.45, 2.75) is 6.42 Å². The topological polar surface area (TPSA) is 68.9 Å². The molecule has 0 unspecified atom stereocenters. The molecule has 0 radical (unpaired) electrons. The van der Waals surface area contributed by atoms with Crippen LogP contribution in [-0.2, 0) is 6.42 Å². The molecule has 0 atom stereocenters. The van der Waals surface area contributed by atoms with Gasteiger partial charge in [-0.1, -0.05) is 18.2 Å². The van der Waals surface area contributed by atoms with Crippen LogP contribution in [0.1, 0.15) is 5.56 Å². The molecule has 2 rings (SSSR count). The molecule has 0 aliphatic heterocycles. The van der Waals surface area contributed by atoms with Crippen LogP contribution in [0.4, 0.5) is 10.1 Å². The van der Waals surface area contributed by atoms with Gasteiger partial charge in [0.2, 0.25) is 0 Å². The van der Waals surface area contributed by atoms with Gasteiger partial charge in [-0.3, -0.25) is 4.99 Å². The number of rotatable bonds is 6. The van der Waals surface area contributed by atoms with Crippen LogP contribution < -0.4 is 20.5 Å². The first-order valence-corrected chi connectivity index (χ1v) is 7.16. The maximum atomic E-state index is 13.5. The van der Waals surface area contributed by atoms with Gasteiger partial charge in [-0.2, -0.15) is 0 Å². The third-order valence-electron chi connectivity index (χ3n) is 3.27. The third kappa shape index (κ3) is 4.60. The molecule has 0 saturated carbocycles. The minimum Gasteiger partial charge on any atom is -0.493 e. The second-order valence-electron chi connectivity index (χ2n) is 4.81. The molecule has 0 fully saturated rings. The molecule has 0 aliphatic carbocycles. The molecule has 3 N–H and O–H groups in total. The summed E-state index contributed by atoms with van der Waals surface area (Å²) in [6, 6.07) is 12.0. The fraction of sp³-hybridized carbons (Fsp3) is 0.235. The Hall–Kier alpha value is -2.76. The number of benzene rings is 2. The summed E-state index contributed by atoms with van der Waals surface area (Å²) in [5.41, 5.74) is 7.12. The van der Waals surface area contributed by atoms with Crippen LogP contribution in [0.15, 0.2) is 47.5 Å². The Morgan fingerprint density at radius 3 is 2.57 bits per heavy atom. The Morgan fingerprint density at radius 2 is 1.87 bits per heavy atom. The minimum absolute atomic E-state index is 0.176. The Kier molecular flexibility index (Phi) is 5.80. The lowest BCUT2D eigenvalue weighted by Crippen LogP contribution is -2.23. The number of guanidine groups is 1. The fourth-order valence-corrected chi connectivity index (χ4v) is 2.08. The summed E-state index contributed by atoms with van der Waals surface area (Å²) in [6.07, 6.45) is 0.681. The monoisotopic (exact) mass is 317 g/mol. The molecule has 2 aromatic rings. The van der Waals surface area contributed by atoms with Crippen molar-refractivity contribution >= 4 is 11.6 Å². The van der Waals surface area contributed by atoms with Crippen LogP contribution >= 0.6 is 0 Å². The number of nitrogens with one attached hydrogen (secondary N) is 1.